The highest BCUT2D eigenvalue weighted by Gasteiger charge is 2.18. The molecule has 1 aliphatic rings. The Morgan fingerprint density at radius 1 is 1.40 bits per heavy atom. The molecule has 0 saturated carbocycles. The van der Waals surface area contributed by atoms with Crippen LogP contribution in [-0.4, -0.2) is 22.1 Å². The fraction of sp³-hybridized carbons (Fsp3) is 0.429. The van der Waals surface area contributed by atoms with E-state index >= 15 is 0 Å². The maximum atomic E-state index is 12.2. The number of anilines is 1. The molecule has 1 atom stereocenters. The van der Waals surface area contributed by atoms with E-state index in [2.05, 4.69) is 16.9 Å². The Morgan fingerprint density at radius 2 is 2.20 bits per heavy atom. The monoisotopic (exact) mass is 296 g/mol. The molecule has 0 aromatic heterocycles. The van der Waals surface area contributed by atoms with Crippen LogP contribution in [0.15, 0.2) is 35.2 Å². The van der Waals surface area contributed by atoms with Crippen molar-refractivity contribution in [3.63, 3.8) is 0 Å². The number of allylic oxidation sites excluding steroid dienone is 2. The molecule has 0 saturated heterocycles. The first-order valence-corrected chi connectivity index (χ1v) is 8.09. The molecule has 1 aliphatic carbocycles. The van der Waals surface area contributed by atoms with Crippen molar-refractivity contribution in [3.8, 4) is 5.75 Å². The standard InChI is InChI=1S/C14H20N2O3S/c1-19-14-9-12(7-8-13(14)15)20(17,18)16-10-11-5-3-2-4-6-11/h2-3,7-9,11,16H,4-6,10,15H2,1H3. The van der Waals surface area contributed by atoms with E-state index in [1.54, 1.807) is 0 Å². The number of nitrogen functional groups attached to an aromatic ring is 1. The number of rotatable bonds is 5. The second-order valence-corrected chi connectivity index (χ2v) is 6.67. The third-order valence-electron chi connectivity index (χ3n) is 3.45. The molecule has 5 nitrogen and oxygen atoms in total. The number of hydrogen-bond acceptors (Lipinski definition) is 4. The lowest BCUT2D eigenvalue weighted by Gasteiger charge is -2.18. The Morgan fingerprint density at radius 3 is 2.85 bits per heavy atom. The van der Waals surface area contributed by atoms with E-state index in [0.29, 0.717) is 23.9 Å². The summed E-state index contributed by atoms with van der Waals surface area (Å²) in [5.74, 6) is 0.735. The summed E-state index contributed by atoms with van der Waals surface area (Å²) in [6, 6.07) is 4.47. The van der Waals surface area contributed by atoms with Crippen molar-refractivity contribution < 1.29 is 13.2 Å². The lowest BCUT2D eigenvalue weighted by Crippen LogP contribution is -2.29. The van der Waals surface area contributed by atoms with Gasteiger partial charge in [-0.05, 0) is 37.3 Å². The van der Waals surface area contributed by atoms with Crippen molar-refractivity contribution in [3.05, 3.63) is 30.4 Å². The van der Waals surface area contributed by atoms with Gasteiger partial charge in [0.1, 0.15) is 5.75 Å². The van der Waals surface area contributed by atoms with Gasteiger partial charge in [-0.2, -0.15) is 0 Å². The Kier molecular flexibility index (Phi) is 4.67. The Bertz CT molecular complexity index is 596. The van der Waals surface area contributed by atoms with Gasteiger partial charge in [0.2, 0.25) is 10.0 Å². The van der Waals surface area contributed by atoms with Gasteiger partial charge in [0.05, 0.1) is 17.7 Å². The number of nitrogens with one attached hydrogen (secondary N) is 1. The molecule has 110 valence electrons. The molecule has 1 unspecified atom stereocenters. The van der Waals surface area contributed by atoms with Gasteiger partial charge < -0.3 is 10.5 Å². The highest BCUT2D eigenvalue weighted by Crippen LogP contribution is 2.25. The van der Waals surface area contributed by atoms with Gasteiger partial charge in [-0.1, -0.05) is 12.2 Å². The summed E-state index contributed by atoms with van der Waals surface area (Å²) in [7, 11) is -2.06. The molecular weight excluding hydrogens is 276 g/mol. The summed E-state index contributed by atoms with van der Waals surface area (Å²) >= 11 is 0. The minimum atomic E-state index is -3.52. The molecule has 3 N–H and O–H groups in total. The number of nitrogens with two attached hydrogens (primary N) is 1. The SMILES string of the molecule is COc1cc(S(=O)(=O)NCC2CC=CCC2)ccc1N. The predicted octanol–water partition coefficient (Wildman–Crippen LogP) is 1.91. The van der Waals surface area contributed by atoms with Crippen LogP contribution in [0.4, 0.5) is 5.69 Å². The van der Waals surface area contributed by atoms with Gasteiger partial charge in [-0.15, -0.1) is 0 Å². The molecular formula is C14H20N2O3S. The fourth-order valence-corrected chi connectivity index (χ4v) is 3.34. The van der Waals surface area contributed by atoms with Gasteiger partial charge >= 0.3 is 0 Å². The summed E-state index contributed by atoms with van der Waals surface area (Å²) in [4.78, 5) is 0.176. The molecule has 0 heterocycles. The number of ether oxygens (including phenoxy) is 1. The average molecular weight is 296 g/mol. The molecule has 0 aliphatic heterocycles. The zero-order valence-corrected chi connectivity index (χ0v) is 12.3. The smallest absolute Gasteiger partial charge is 0.240 e. The van der Waals surface area contributed by atoms with E-state index in [1.165, 1.54) is 25.3 Å². The lowest BCUT2D eigenvalue weighted by atomic mass is 9.95. The van der Waals surface area contributed by atoms with Gasteiger partial charge in [-0.25, -0.2) is 13.1 Å². The lowest BCUT2D eigenvalue weighted by molar-refractivity contribution is 0.415. The van der Waals surface area contributed by atoms with Crippen LogP contribution in [0.2, 0.25) is 0 Å². The highest BCUT2D eigenvalue weighted by molar-refractivity contribution is 7.89. The van der Waals surface area contributed by atoms with Crippen LogP contribution in [0.1, 0.15) is 19.3 Å². The number of sulfonamides is 1. The van der Waals surface area contributed by atoms with Crippen LogP contribution in [0, 0.1) is 5.92 Å². The van der Waals surface area contributed by atoms with Crippen molar-refractivity contribution in [1.82, 2.24) is 4.72 Å². The van der Waals surface area contributed by atoms with E-state index < -0.39 is 10.0 Å². The maximum Gasteiger partial charge on any atom is 0.240 e. The summed E-state index contributed by atoms with van der Waals surface area (Å²) < 4.78 is 32.2. The zero-order chi connectivity index (χ0) is 14.6. The third kappa shape index (κ3) is 3.52. The van der Waals surface area contributed by atoms with Crippen LogP contribution < -0.4 is 15.2 Å². The molecule has 20 heavy (non-hydrogen) atoms. The molecule has 1 aromatic rings. The minimum absolute atomic E-state index is 0.176. The maximum absolute atomic E-state index is 12.2. The molecule has 0 amide bonds. The van der Waals surface area contributed by atoms with Crippen LogP contribution in [0.3, 0.4) is 0 Å². The molecule has 0 spiro atoms. The zero-order valence-electron chi connectivity index (χ0n) is 11.5. The van der Waals surface area contributed by atoms with Crippen LogP contribution in [0.25, 0.3) is 0 Å². The van der Waals surface area contributed by atoms with E-state index in [-0.39, 0.29) is 4.90 Å². The molecule has 6 heteroatoms. The van der Waals surface area contributed by atoms with Gasteiger partial charge in [-0.3, -0.25) is 0 Å². The second kappa shape index (κ2) is 6.28. The quantitative estimate of drug-likeness (QED) is 0.642. The van der Waals surface area contributed by atoms with Crippen molar-refractivity contribution in [2.24, 2.45) is 5.92 Å². The van der Waals surface area contributed by atoms with Crippen molar-refractivity contribution >= 4 is 15.7 Å². The topological polar surface area (TPSA) is 81.4 Å². The Balaban J connectivity index is 2.07. The Labute approximate surface area is 119 Å². The van der Waals surface area contributed by atoms with Crippen molar-refractivity contribution in [2.75, 3.05) is 19.4 Å². The van der Waals surface area contributed by atoms with E-state index in [4.69, 9.17) is 10.5 Å². The molecule has 0 fully saturated rings. The number of methoxy groups -OCH3 is 1. The first kappa shape index (κ1) is 14.9. The van der Waals surface area contributed by atoms with Crippen LogP contribution in [-0.2, 0) is 10.0 Å². The predicted molar refractivity (Wildman–Crippen MR) is 79.1 cm³/mol. The molecule has 2 rings (SSSR count). The van der Waals surface area contributed by atoms with E-state index in [9.17, 15) is 8.42 Å². The highest BCUT2D eigenvalue weighted by atomic mass is 32.2. The second-order valence-electron chi connectivity index (χ2n) is 4.91. The van der Waals surface area contributed by atoms with Crippen molar-refractivity contribution in [2.45, 2.75) is 24.2 Å². The van der Waals surface area contributed by atoms with Crippen molar-refractivity contribution in [1.29, 1.82) is 0 Å². The summed E-state index contributed by atoms with van der Waals surface area (Å²) in [6.07, 6.45) is 7.20. The largest absolute Gasteiger partial charge is 0.495 e. The van der Waals surface area contributed by atoms with Crippen LogP contribution >= 0.6 is 0 Å². The van der Waals surface area contributed by atoms with Crippen LogP contribution in [0.5, 0.6) is 5.75 Å². The minimum Gasteiger partial charge on any atom is -0.495 e. The third-order valence-corrected chi connectivity index (χ3v) is 4.88. The van der Waals surface area contributed by atoms with Gasteiger partial charge in [0.15, 0.2) is 0 Å². The Hall–Kier alpha value is -1.53. The fourth-order valence-electron chi connectivity index (χ4n) is 2.21. The first-order valence-electron chi connectivity index (χ1n) is 6.61. The summed E-state index contributed by atoms with van der Waals surface area (Å²) in [5.41, 5.74) is 6.11. The number of hydrogen-bond donors (Lipinski definition) is 2. The average Bonchev–Trinajstić information content (AvgIpc) is 2.46. The van der Waals surface area contributed by atoms with Gasteiger partial charge in [0.25, 0.3) is 0 Å². The van der Waals surface area contributed by atoms with E-state index in [0.717, 1.165) is 19.3 Å². The normalized spacial score (nSPS) is 18.9. The first-order chi connectivity index (χ1) is 9.53. The van der Waals surface area contributed by atoms with Gasteiger partial charge in [0, 0.05) is 12.6 Å². The molecule has 0 bridgehead atoms. The summed E-state index contributed by atoms with van der Waals surface area (Å²) in [5, 5.41) is 0. The number of benzene rings is 1. The molecule has 1 aromatic carbocycles. The molecule has 0 radical (unpaired) electrons. The van der Waals surface area contributed by atoms with E-state index in [1.807, 2.05) is 0 Å². The summed E-state index contributed by atoms with van der Waals surface area (Å²) in [6.45, 7) is 0.458.